The average Bonchev–Trinajstić information content (AvgIpc) is 3.06. The summed E-state index contributed by atoms with van der Waals surface area (Å²) in [5, 5.41) is 11.1. The molecule has 10 heteroatoms. The van der Waals surface area contributed by atoms with Gasteiger partial charge in [-0.05, 0) is 39.0 Å². The van der Waals surface area contributed by atoms with Crippen LogP contribution in [0, 0.1) is 12.7 Å². The Bertz CT molecular complexity index is 1070. The molecule has 0 radical (unpaired) electrons. The molecule has 0 aliphatic heterocycles. The third-order valence-electron chi connectivity index (χ3n) is 4.15. The first-order chi connectivity index (χ1) is 14.3. The highest BCUT2D eigenvalue weighted by Crippen LogP contribution is 2.30. The number of aromatic nitrogens is 3. The topological polar surface area (TPSA) is 93.1 Å². The number of rotatable bonds is 7. The minimum Gasteiger partial charge on any atom is -0.353 e. The van der Waals surface area contributed by atoms with Gasteiger partial charge in [0, 0.05) is 18.2 Å². The Hall–Kier alpha value is -3.17. The van der Waals surface area contributed by atoms with E-state index in [1.807, 2.05) is 31.5 Å². The highest BCUT2D eigenvalue weighted by Gasteiger charge is 2.15. The molecule has 1 aromatic carbocycles. The van der Waals surface area contributed by atoms with Gasteiger partial charge < -0.3 is 10.6 Å². The lowest BCUT2D eigenvalue weighted by Gasteiger charge is -2.15. The van der Waals surface area contributed by atoms with Gasteiger partial charge in [0.1, 0.15) is 17.5 Å². The maximum atomic E-state index is 13.7. The Morgan fingerprint density at radius 1 is 1.20 bits per heavy atom. The summed E-state index contributed by atoms with van der Waals surface area (Å²) in [5.74, 6) is 0.153. The zero-order chi connectivity index (χ0) is 21.8. The summed E-state index contributed by atoms with van der Waals surface area (Å²) < 4.78 is 15.5. The lowest BCUT2D eigenvalue weighted by atomic mass is 10.1. The molecule has 2 heterocycles. The molecule has 0 saturated heterocycles. The van der Waals surface area contributed by atoms with Gasteiger partial charge in [-0.15, -0.1) is 0 Å². The molecule has 0 unspecified atom stereocenters. The molecule has 0 aliphatic rings. The first kappa shape index (κ1) is 21.5. The molecular weight excluding hydrogens is 411 g/mol. The molecule has 30 heavy (non-hydrogen) atoms. The molecule has 8 nitrogen and oxygen atoms in total. The van der Waals surface area contributed by atoms with E-state index in [1.54, 1.807) is 6.07 Å². The molecule has 3 N–H and O–H groups in total. The van der Waals surface area contributed by atoms with E-state index in [0.29, 0.717) is 22.2 Å². The van der Waals surface area contributed by atoms with E-state index in [-0.39, 0.29) is 11.6 Å². The Labute approximate surface area is 178 Å². The maximum absolute atomic E-state index is 13.7. The van der Waals surface area contributed by atoms with Gasteiger partial charge >= 0.3 is 0 Å². The van der Waals surface area contributed by atoms with Crippen molar-refractivity contribution in [2.45, 2.75) is 26.8 Å². The van der Waals surface area contributed by atoms with Crippen LogP contribution >= 0.6 is 11.6 Å². The van der Waals surface area contributed by atoms with Gasteiger partial charge in [0.2, 0.25) is 0 Å². The second-order valence-electron chi connectivity index (χ2n) is 6.83. The Morgan fingerprint density at radius 3 is 2.67 bits per heavy atom. The van der Waals surface area contributed by atoms with Crippen LogP contribution in [-0.2, 0) is 4.84 Å². The number of aryl methyl sites for hydroxylation is 1. The highest BCUT2D eigenvalue weighted by atomic mass is 35.5. The van der Waals surface area contributed by atoms with Gasteiger partial charge in [0.15, 0.2) is 0 Å². The van der Waals surface area contributed by atoms with E-state index >= 15 is 0 Å². The molecule has 0 atom stereocenters. The lowest BCUT2D eigenvalue weighted by molar-refractivity contribution is 0.0538. The predicted molar refractivity (Wildman–Crippen MR) is 114 cm³/mol. The van der Waals surface area contributed by atoms with E-state index in [2.05, 4.69) is 31.0 Å². The van der Waals surface area contributed by atoms with Gasteiger partial charge in [-0.3, -0.25) is 9.63 Å². The summed E-state index contributed by atoms with van der Waals surface area (Å²) in [6, 6.07) is 7.56. The highest BCUT2D eigenvalue weighted by molar-refractivity contribution is 6.33. The summed E-state index contributed by atoms with van der Waals surface area (Å²) in [4.78, 5) is 21.1. The maximum Gasteiger partial charge on any atom is 0.277 e. The zero-order valence-electron chi connectivity index (χ0n) is 17.0. The largest absolute Gasteiger partial charge is 0.353 e. The average molecular weight is 433 g/mol. The van der Waals surface area contributed by atoms with E-state index < -0.39 is 11.7 Å². The first-order valence-electron chi connectivity index (χ1n) is 9.17. The van der Waals surface area contributed by atoms with Gasteiger partial charge in [-0.2, -0.15) is 5.10 Å². The first-order valence-corrected chi connectivity index (χ1v) is 9.55. The number of nitrogens with zero attached hydrogens (tertiary/aromatic N) is 3. The standard InChI is InChI=1S/C20H22ClFN6O2/c1-11(2)28-19(7-12(3)26-28)25-18-9-17(15(21)10-23-18)24-16-6-5-13(22)8-14(16)20(29)27-30-4/h5-11H,1-4H3,(H,27,29)(H2,23,24,25). The van der Waals surface area contributed by atoms with Gasteiger partial charge in [0.05, 0.1) is 41.0 Å². The summed E-state index contributed by atoms with van der Waals surface area (Å²) in [6.45, 7) is 5.97. The van der Waals surface area contributed by atoms with Crippen molar-refractivity contribution in [2.75, 3.05) is 17.7 Å². The number of hydroxylamine groups is 1. The van der Waals surface area contributed by atoms with Crippen LogP contribution in [0.4, 0.5) is 27.4 Å². The van der Waals surface area contributed by atoms with Crippen LogP contribution in [0.5, 0.6) is 0 Å². The fraction of sp³-hybridized carbons (Fsp3) is 0.250. The minimum atomic E-state index is -0.598. The number of benzene rings is 1. The number of halogens is 2. The number of nitrogens with one attached hydrogen (secondary N) is 3. The molecule has 2 aromatic heterocycles. The molecule has 0 spiro atoms. The third-order valence-corrected chi connectivity index (χ3v) is 4.45. The second kappa shape index (κ2) is 9.10. The van der Waals surface area contributed by atoms with Crippen molar-refractivity contribution in [3.05, 3.63) is 58.6 Å². The number of anilines is 4. The quantitative estimate of drug-likeness (QED) is 0.467. The van der Waals surface area contributed by atoms with Crippen molar-refractivity contribution in [1.82, 2.24) is 20.2 Å². The van der Waals surface area contributed by atoms with Crippen molar-refractivity contribution < 1.29 is 14.0 Å². The lowest BCUT2D eigenvalue weighted by Crippen LogP contribution is -2.23. The molecule has 0 saturated carbocycles. The van der Waals surface area contributed by atoms with Crippen LogP contribution in [0.25, 0.3) is 0 Å². The third kappa shape index (κ3) is 4.87. The predicted octanol–water partition coefficient (Wildman–Crippen LogP) is 4.74. The Balaban J connectivity index is 1.91. The van der Waals surface area contributed by atoms with Gasteiger partial charge in [-0.1, -0.05) is 11.6 Å². The summed E-state index contributed by atoms with van der Waals surface area (Å²) in [6.07, 6.45) is 1.48. The fourth-order valence-corrected chi connectivity index (χ4v) is 2.99. The van der Waals surface area contributed by atoms with Crippen molar-refractivity contribution in [2.24, 2.45) is 0 Å². The summed E-state index contributed by atoms with van der Waals surface area (Å²) in [5.41, 5.74) is 3.96. The van der Waals surface area contributed by atoms with Crippen LogP contribution in [0.3, 0.4) is 0 Å². The van der Waals surface area contributed by atoms with Crippen LogP contribution in [0.2, 0.25) is 5.02 Å². The molecule has 0 fully saturated rings. The SMILES string of the molecule is CONC(=O)c1cc(F)ccc1Nc1cc(Nc2cc(C)nn2C(C)C)ncc1Cl. The van der Waals surface area contributed by atoms with Crippen LogP contribution in [0.15, 0.2) is 36.5 Å². The minimum absolute atomic E-state index is 0.0627. The van der Waals surface area contributed by atoms with Crippen molar-refractivity contribution in [3.8, 4) is 0 Å². The van der Waals surface area contributed by atoms with Crippen LogP contribution < -0.4 is 16.1 Å². The Kier molecular flexibility index (Phi) is 6.53. The molecule has 3 rings (SSSR count). The van der Waals surface area contributed by atoms with Gasteiger partial charge in [-0.25, -0.2) is 19.5 Å². The van der Waals surface area contributed by atoms with Crippen LogP contribution in [-0.4, -0.2) is 27.8 Å². The van der Waals surface area contributed by atoms with Crippen molar-refractivity contribution >= 4 is 40.5 Å². The molecule has 0 aliphatic carbocycles. The zero-order valence-corrected chi connectivity index (χ0v) is 17.7. The fourth-order valence-electron chi connectivity index (χ4n) is 2.84. The van der Waals surface area contributed by atoms with E-state index in [9.17, 15) is 9.18 Å². The van der Waals surface area contributed by atoms with E-state index in [1.165, 1.54) is 25.4 Å². The normalized spacial score (nSPS) is 10.9. The molecule has 1 amide bonds. The summed E-state index contributed by atoms with van der Waals surface area (Å²) >= 11 is 6.29. The number of hydrogen-bond acceptors (Lipinski definition) is 6. The van der Waals surface area contributed by atoms with Crippen molar-refractivity contribution in [1.29, 1.82) is 0 Å². The number of amides is 1. The van der Waals surface area contributed by atoms with E-state index in [0.717, 1.165) is 17.6 Å². The number of hydrogen-bond donors (Lipinski definition) is 3. The molecule has 0 bridgehead atoms. The number of pyridine rings is 1. The van der Waals surface area contributed by atoms with E-state index in [4.69, 9.17) is 11.6 Å². The number of carbonyl (C=O) groups excluding carboxylic acids is 1. The smallest absolute Gasteiger partial charge is 0.277 e. The molecular formula is C20H22ClFN6O2. The molecule has 3 aromatic rings. The van der Waals surface area contributed by atoms with Gasteiger partial charge in [0.25, 0.3) is 5.91 Å². The molecule has 158 valence electrons. The summed E-state index contributed by atoms with van der Waals surface area (Å²) in [7, 11) is 1.30. The van der Waals surface area contributed by atoms with Crippen LogP contribution in [0.1, 0.15) is 35.9 Å². The Morgan fingerprint density at radius 2 is 1.97 bits per heavy atom. The monoisotopic (exact) mass is 432 g/mol. The number of carbonyl (C=O) groups is 1. The second-order valence-corrected chi connectivity index (χ2v) is 7.24. The van der Waals surface area contributed by atoms with Crippen molar-refractivity contribution in [3.63, 3.8) is 0 Å².